The van der Waals surface area contributed by atoms with Gasteiger partial charge in [-0.1, -0.05) is 25.5 Å². The molecule has 0 aliphatic carbocycles. The molecular formula is C9H17O. The second-order valence-corrected chi connectivity index (χ2v) is 2.62. The zero-order valence-electron chi connectivity index (χ0n) is 6.88. The minimum absolute atomic E-state index is 0.193. The predicted octanol–water partition coefficient (Wildman–Crippen LogP) is 2.17. The van der Waals surface area contributed by atoms with Crippen molar-refractivity contribution in [1.82, 2.24) is 0 Å². The molecule has 0 aromatic heterocycles. The normalized spacial score (nSPS) is 17.6. The van der Waals surface area contributed by atoms with E-state index in [1.54, 1.807) is 6.08 Å². The average Bonchev–Trinajstić information content (AvgIpc) is 1.89. The Hall–Kier alpha value is -0.300. The van der Waals surface area contributed by atoms with E-state index < -0.39 is 0 Å². The quantitative estimate of drug-likeness (QED) is 0.636. The van der Waals surface area contributed by atoms with Crippen molar-refractivity contribution in [2.45, 2.75) is 32.8 Å². The lowest BCUT2D eigenvalue weighted by Crippen LogP contribution is -2.14. The molecule has 0 rings (SSSR count). The van der Waals surface area contributed by atoms with Gasteiger partial charge < -0.3 is 5.11 Å². The summed E-state index contributed by atoms with van der Waals surface area (Å²) in [5.74, 6) is 0.401. The van der Waals surface area contributed by atoms with Crippen LogP contribution in [0.3, 0.4) is 0 Å². The van der Waals surface area contributed by atoms with Gasteiger partial charge >= 0.3 is 0 Å². The third-order valence-electron chi connectivity index (χ3n) is 1.81. The van der Waals surface area contributed by atoms with E-state index in [0.717, 1.165) is 12.8 Å². The Kier molecular flexibility index (Phi) is 5.32. The highest BCUT2D eigenvalue weighted by Crippen LogP contribution is 2.13. The lowest BCUT2D eigenvalue weighted by molar-refractivity contribution is 0.124. The SMILES string of the molecule is [CH2]C=CCC(CC)C(C)O. The number of allylic oxidation sites excluding steroid dienone is 2. The molecule has 0 aliphatic heterocycles. The van der Waals surface area contributed by atoms with E-state index in [1.807, 2.05) is 13.0 Å². The number of hydrogen-bond acceptors (Lipinski definition) is 1. The molecule has 1 radical (unpaired) electrons. The van der Waals surface area contributed by atoms with Crippen LogP contribution in [0.5, 0.6) is 0 Å². The first-order valence-corrected chi connectivity index (χ1v) is 3.84. The molecule has 59 valence electrons. The molecule has 0 saturated heterocycles. The van der Waals surface area contributed by atoms with E-state index in [9.17, 15) is 5.11 Å². The summed E-state index contributed by atoms with van der Waals surface area (Å²) in [6, 6.07) is 0. The standard InChI is InChI=1S/C9H17O/c1-4-6-7-9(5-2)8(3)10/h4,6,8-10H,1,5,7H2,2-3H3. The zero-order chi connectivity index (χ0) is 7.98. The van der Waals surface area contributed by atoms with Gasteiger partial charge in [0.25, 0.3) is 0 Å². The summed E-state index contributed by atoms with van der Waals surface area (Å²) in [6.07, 6.45) is 5.56. The minimum Gasteiger partial charge on any atom is -0.393 e. The molecule has 2 atom stereocenters. The summed E-state index contributed by atoms with van der Waals surface area (Å²) in [4.78, 5) is 0. The Morgan fingerprint density at radius 2 is 2.20 bits per heavy atom. The van der Waals surface area contributed by atoms with Crippen LogP contribution in [0.1, 0.15) is 26.7 Å². The van der Waals surface area contributed by atoms with Crippen LogP contribution in [-0.4, -0.2) is 11.2 Å². The molecule has 1 nitrogen and oxygen atoms in total. The van der Waals surface area contributed by atoms with Gasteiger partial charge in [0.05, 0.1) is 6.10 Å². The highest BCUT2D eigenvalue weighted by Gasteiger charge is 2.09. The van der Waals surface area contributed by atoms with Crippen molar-refractivity contribution in [3.63, 3.8) is 0 Å². The predicted molar refractivity (Wildman–Crippen MR) is 44.6 cm³/mol. The summed E-state index contributed by atoms with van der Waals surface area (Å²) in [6.45, 7) is 7.52. The van der Waals surface area contributed by atoms with Gasteiger partial charge in [-0.25, -0.2) is 0 Å². The maximum Gasteiger partial charge on any atom is 0.0543 e. The Morgan fingerprint density at radius 1 is 1.60 bits per heavy atom. The van der Waals surface area contributed by atoms with Crippen molar-refractivity contribution in [2.75, 3.05) is 0 Å². The molecule has 0 spiro atoms. The van der Waals surface area contributed by atoms with Crippen LogP contribution in [0.2, 0.25) is 0 Å². The lowest BCUT2D eigenvalue weighted by atomic mass is 9.97. The van der Waals surface area contributed by atoms with Gasteiger partial charge in [0, 0.05) is 0 Å². The van der Waals surface area contributed by atoms with Crippen molar-refractivity contribution in [1.29, 1.82) is 0 Å². The summed E-state index contributed by atoms with van der Waals surface area (Å²) in [5.41, 5.74) is 0. The molecule has 0 aromatic rings. The fourth-order valence-electron chi connectivity index (χ4n) is 0.976. The van der Waals surface area contributed by atoms with Gasteiger partial charge in [0.2, 0.25) is 0 Å². The Labute approximate surface area is 63.8 Å². The summed E-state index contributed by atoms with van der Waals surface area (Å²) in [5, 5.41) is 9.18. The second kappa shape index (κ2) is 5.48. The van der Waals surface area contributed by atoms with Crippen molar-refractivity contribution in [3.8, 4) is 0 Å². The van der Waals surface area contributed by atoms with Gasteiger partial charge in [-0.05, 0) is 26.2 Å². The first kappa shape index (κ1) is 9.70. The smallest absolute Gasteiger partial charge is 0.0543 e. The fourth-order valence-corrected chi connectivity index (χ4v) is 0.976. The summed E-state index contributed by atoms with van der Waals surface area (Å²) >= 11 is 0. The molecular weight excluding hydrogens is 124 g/mol. The Bertz CT molecular complexity index is 94.9. The van der Waals surface area contributed by atoms with Crippen molar-refractivity contribution in [2.24, 2.45) is 5.92 Å². The molecule has 0 heterocycles. The van der Waals surface area contributed by atoms with E-state index >= 15 is 0 Å². The molecule has 0 bridgehead atoms. The number of hydrogen-bond donors (Lipinski definition) is 1. The molecule has 0 saturated carbocycles. The molecule has 2 unspecified atom stereocenters. The molecule has 1 heteroatoms. The lowest BCUT2D eigenvalue weighted by Gasteiger charge is -2.14. The van der Waals surface area contributed by atoms with Crippen LogP contribution < -0.4 is 0 Å². The molecule has 1 N–H and O–H groups in total. The molecule has 0 aliphatic rings. The van der Waals surface area contributed by atoms with E-state index in [2.05, 4.69) is 13.8 Å². The first-order chi connectivity index (χ1) is 4.72. The maximum absolute atomic E-state index is 9.18. The monoisotopic (exact) mass is 141 g/mol. The van der Waals surface area contributed by atoms with E-state index in [4.69, 9.17) is 0 Å². The second-order valence-electron chi connectivity index (χ2n) is 2.62. The molecule has 0 aromatic carbocycles. The van der Waals surface area contributed by atoms with Crippen LogP contribution in [0.4, 0.5) is 0 Å². The Morgan fingerprint density at radius 3 is 2.50 bits per heavy atom. The maximum atomic E-state index is 9.18. The van der Waals surface area contributed by atoms with Gasteiger partial charge in [-0.15, -0.1) is 0 Å². The third kappa shape index (κ3) is 3.67. The van der Waals surface area contributed by atoms with Crippen LogP contribution in [-0.2, 0) is 0 Å². The van der Waals surface area contributed by atoms with Crippen LogP contribution >= 0.6 is 0 Å². The average molecular weight is 141 g/mol. The van der Waals surface area contributed by atoms with Gasteiger partial charge in [-0.3, -0.25) is 0 Å². The first-order valence-electron chi connectivity index (χ1n) is 3.84. The minimum atomic E-state index is -0.193. The Balaban J connectivity index is 3.60. The van der Waals surface area contributed by atoms with Gasteiger partial charge in [-0.2, -0.15) is 0 Å². The third-order valence-corrected chi connectivity index (χ3v) is 1.81. The van der Waals surface area contributed by atoms with Gasteiger partial charge in [0.1, 0.15) is 0 Å². The van der Waals surface area contributed by atoms with E-state index in [1.165, 1.54) is 0 Å². The van der Waals surface area contributed by atoms with Crippen molar-refractivity contribution < 1.29 is 5.11 Å². The van der Waals surface area contributed by atoms with E-state index in [-0.39, 0.29) is 6.10 Å². The summed E-state index contributed by atoms with van der Waals surface area (Å²) < 4.78 is 0. The van der Waals surface area contributed by atoms with Gasteiger partial charge in [0.15, 0.2) is 0 Å². The van der Waals surface area contributed by atoms with Crippen molar-refractivity contribution >= 4 is 0 Å². The molecule has 10 heavy (non-hydrogen) atoms. The van der Waals surface area contributed by atoms with Crippen molar-refractivity contribution in [3.05, 3.63) is 19.1 Å². The van der Waals surface area contributed by atoms with E-state index in [0.29, 0.717) is 5.92 Å². The number of aliphatic hydroxyl groups is 1. The topological polar surface area (TPSA) is 20.2 Å². The zero-order valence-corrected chi connectivity index (χ0v) is 6.88. The molecule has 0 amide bonds. The highest BCUT2D eigenvalue weighted by atomic mass is 16.3. The fraction of sp³-hybridized carbons (Fsp3) is 0.667. The highest BCUT2D eigenvalue weighted by molar-refractivity contribution is 4.86. The largest absolute Gasteiger partial charge is 0.393 e. The van der Waals surface area contributed by atoms with Crippen LogP contribution in [0, 0.1) is 12.8 Å². The van der Waals surface area contributed by atoms with Crippen LogP contribution in [0.15, 0.2) is 12.2 Å². The number of rotatable bonds is 4. The molecule has 0 fully saturated rings. The summed E-state index contributed by atoms with van der Waals surface area (Å²) in [7, 11) is 0. The number of aliphatic hydroxyl groups excluding tert-OH is 1. The van der Waals surface area contributed by atoms with Crippen LogP contribution in [0.25, 0.3) is 0 Å².